The summed E-state index contributed by atoms with van der Waals surface area (Å²) >= 11 is 0. The van der Waals surface area contributed by atoms with Crippen LogP contribution in [-0.2, 0) is 11.2 Å². The Kier molecular flexibility index (Phi) is 3.99. The van der Waals surface area contributed by atoms with Crippen molar-refractivity contribution in [2.24, 2.45) is 0 Å². The van der Waals surface area contributed by atoms with Crippen LogP contribution < -0.4 is 9.47 Å². The van der Waals surface area contributed by atoms with Crippen molar-refractivity contribution in [1.82, 2.24) is 0 Å². The van der Waals surface area contributed by atoms with E-state index < -0.39 is 0 Å². The highest BCUT2D eigenvalue weighted by molar-refractivity contribution is 5.92. The monoisotopic (exact) mass is 326 g/mol. The van der Waals surface area contributed by atoms with Gasteiger partial charge in [-0.2, -0.15) is 0 Å². The first-order valence-corrected chi connectivity index (χ1v) is 7.94. The fraction of sp³-hybridized carbons (Fsp3) is 0.350. The number of ether oxygens (including phenoxy) is 3. The predicted molar refractivity (Wildman–Crippen MR) is 92.9 cm³/mol. The zero-order valence-corrected chi connectivity index (χ0v) is 14.7. The van der Waals surface area contributed by atoms with E-state index in [1.54, 1.807) is 13.2 Å². The lowest BCUT2D eigenvalue weighted by Gasteiger charge is -2.25. The van der Waals surface area contributed by atoms with Crippen LogP contribution in [0, 0.1) is 6.92 Å². The van der Waals surface area contributed by atoms with E-state index >= 15 is 0 Å². The highest BCUT2D eigenvalue weighted by Crippen LogP contribution is 2.43. The lowest BCUT2D eigenvalue weighted by molar-refractivity contribution is 0.0600. The molecule has 1 heterocycles. The lowest BCUT2D eigenvalue weighted by Crippen LogP contribution is -2.30. The van der Waals surface area contributed by atoms with Crippen LogP contribution in [-0.4, -0.2) is 25.8 Å². The Bertz CT molecular complexity index is 806. The van der Waals surface area contributed by atoms with Crippen LogP contribution in [0.4, 0.5) is 0 Å². The summed E-state index contributed by atoms with van der Waals surface area (Å²) in [7, 11) is 3.06. The molecule has 4 heteroatoms. The van der Waals surface area contributed by atoms with Crippen LogP contribution in [0.3, 0.4) is 0 Å². The molecule has 0 saturated carbocycles. The van der Waals surface area contributed by atoms with Crippen molar-refractivity contribution in [2.45, 2.75) is 32.8 Å². The molecule has 126 valence electrons. The smallest absolute Gasteiger partial charge is 0.337 e. The van der Waals surface area contributed by atoms with Crippen molar-refractivity contribution < 1.29 is 19.0 Å². The van der Waals surface area contributed by atoms with E-state index in [-0.39, 0.29) is 11.6 Å². The Morgan fingerprint density at radius 1 is 1.17 bits per heavy atom. The number of fused-ring (bicyclic) bond motifs is 3. The number of benzene rings is 2. The van der Waals surface area contributed by atoms with Crippen LogP contribution >= 0.6 is 0 Å². The largest absolute Gasteiger partial charge is 0.497 e. The molecular weight excluding hydrogens is 304 g/mol. The third-order valence-electron chi connectivity index (χ3n) is 4.30. The number of methoxy groups -OCH3 is 2. The molecule has 0 saturated heterocycles. The SMILES string of the molecule is COC(=O)c1ccc2c(c1)-c1c(C)cc(OC)cc1CC(C)(C)O2. The molecule has 0 N–H and O–H groups in total. The van der Waals surface area contributed by atoms with Gasteiger partial charge in [0, 0.05) is 12.0 Å². The average Bonchev–Trinajstić information content (AvgIpc) is 2.65. The molecule has 2 aromatic rings. The van der Waals surface area contributed by atoms with E-state index in [9.17, 15) is 4.79 Å². The van der Waals surface area contributed by atoms with Gasteiger partial charge < -0.3 is 14.2 Å². The summed E-state index contributed by atoms with van der Waals surface area (Å²) in [4.78, 5) is 11.9. The molecule has 1 aliphatic rings. The number of hydrogen-bond acceptors (Lipinski definition) is 4. The third-order valence-corrected chi connectivity index (χ3v) is 4.30. The van der Waals surface area contributed by atoms with Crippen LogP contribution in [0.25, 0.3) is 11.1 Å². The van der Waals surface area contributed by atoms with Gasteiger partial charge in [-0.15, -0.1) is 0 Å². The quantitative estimate of drug-likeness (QED) is 0.777. The summed E-state index contributed by atoms with van der Waals surface area (Å²) in [6.45, 7) is 6.18. The molecule has 0 spiro atoms. The Hall–Kier alpha value is -2.49. The summed E-state index contributed by atoms with van der Waals surface area (Å²) in [5, 5.41) is 0. The number of rotatable bonds is 2. The second-order valence-electron chi connectivity index (χ2n) is 6.72. The minimum atomic E-state index is -0.356. The molecule has 24 heavy (non-hydrogen) atoms. The number of carbonyl (C=O) groups is 1. The zero-order chi connectivity index (χ0) is 17.5. The van der Waals surface area contributed by atoms with Gasteiger partial charge in [0.2, 0.25) is 0 Å². The summed E-state index contributed by atoms with van der Waals surface area (Å²) in [5.41, 5.74) is 4.42. The average molecular weight is 326 g/mol. The van der Waals surface area contributed by atoms with Gasteiger partial charge in [0.1, 0.15) is 17.1 Å². The molecule has 4 nitrogen and oxygen atoms in total. The van der Waals surface area contributed by atoms with Gasteiger partial charge in [0.05, 0.1) is 19.8 Å². The maximum atomic E-state index is 11.9. The van der Waals surface area contributed by atoms with Crippen molar-refractivity contribution in [2.75, 3.05) is 14.2 Å². The van der Waals surface area contributed by atoms with Gasteiger partial charge in [-0.3, -0.25) is 0 Å². The molecule has 0 aliphatic carbocycles. The number of esters is 1. The molecule has 0 bridgehead atoms. The van der Waals surface area contributed by atoms with Gasteiger partial charge in [-0.05, 0) is 67.8 Å². The molecular formula is C20H22O4. The molecule has 1 aliphatic heterocycles. The van der Waals surface area contributed by atoms with Crippen molar-refractivity contribution >= 4 is 5.97 Å². The van der Waals surface area contributed by atoms with E-state index in [1.165, 1.54) is 7.11 Å². The third kappa shape index (κ3) is 2.84. The van der Waals surface area contributed by atoms with Gasteiger partial charge in [-0.25, -0.2) is 4.79 Å². The normalized spacial score (nSPS) is 14.7. The maximum absolute atomic E-state index is 11.9. The molecule has 0 amide bonds. The maximum Gasteiger partial charge on any atom is 0.337 e. The molecule has 0 radical (unpaired) electrons. The Labute approximate surface area is 142 Å². The number of aryl methyl sites for hydroxylation is 1. The summed E-state index contributed by atoms with van der Waals surface area (Å²) < 4.78 is 16.5. The Balaban J connectivity index is 2.29. The zero-order valence-electron chi connectivity index (χ0n) is 14.7. The number of hydrogen-bond donors (Lipinski definition) is 0. The van der Waals surface area contributed by atoms with Gasteiger partial charge in [-0.1, -0.05) is 0 Å². The van der Waals surface area contributed by atoms with Crippen molar-refractivity contribution in [3.05, 3.63) is 47.0 Å². The molecule has 2 aromatic carbocycles. The Morgan fingerprint density at radius 3 is 2.58 bits per heavy atom. The van der Waals surface area contributed by atoms with E-state index in [0.717, 1.165) is 40.2 Å². The first-order chi connectivity index (χ1) is 11.3. The minimum absolute atomic E-state index is 0.353. The van der Waals surface area contributed by atoms with Gasteiger partial charge >= 0.3 is 5.97 Å². The van der Waals surface area contributed by atoms with E-state index in [1.807, 2.05) is 31.2 Å². The molecule has 0 aromatic heterocycles. The molecule has 0 atom stereocenters. The van der Waals surface area contributed by atoms with Crippen molar-refractivity contribution in [3.8, 4) is 22.6 Å². The van der Waals surface area contributed by atoms with Crippen LogP contribution in [0.1, 0.15) is 35.3 Å². The molecule has 3 rings (SSSR count). The van der Waals surface area contributed by atoms with Crippen molar-refractivity contribution in [1.29, 1.82) is 0 Å². The second-order valence-corrected chi connectivity index (χ2v) is 6.72. The van der Waals surface area contributed by atoms with Gasteiger partial charge in [0.15, 0.2) is 0 Å². The molecule has 0 unspecified atom stereocenters. The van der Waals surface area contributed by atoms with Crippen molar-refractivity contribution in [3.63, 3.8) is 0 Å². The number of carbonyl (C=O) groups excluding carboxylic acids is 1. The van der Waals surface area contributed by atoms with Crippen LogP contribution in [0.5, 0.6) is 11.5 Å². The Morgan fingerprint density at radius 2 is 1.92 bits per heavy atom. The standard InChI is InChI=1S/C20H22O4/c1-12-8-15(22-4)9-14-11-20(2,3)24-17-7-6-13(19(21)23-5)10-16(17)18(12)14/h6-10H,11H2,1-5H3. The van der Waals surface area contributed by atoms with Crippen LogP contribution in [0.15, 0.2) is 30.3 Å². The first kappa shape index (κ1) is 16.4. The van der Waals surface area contributed by atoms with Gasteiger partial charge in [0.25, 0.3) is 0 Å². The van der Waals surface area contributed by atoms with Crippen LogP contribution in [0.2, 0.25) is 0 Å². The van der Waals surface area contributed by atoms with E-state index in [2.05, 4.69) is 13.8 Å². The fourth-order valence-electron chi connectivity index (χ4n) is 3.32. The van der Waals surface area contributed by atoms with E-state index in [4.69, 9.17) is 14.2 Å². The summed E-state index contributed by atoms with van der Waals surface area (Å²) in [6, 6.07) is 9.49. The highest BCUT2D eigenvalue weighted by Gasteiger charge is 2.30. The second kappa shape index (κ2) is 5.86. The summed E-state index contributed by atoms with van der Waals surface area (Å²) in [5.74, 6) is 1.25. The van der Waals surface area contributed by atoms with E-state index in [0.29, 0.717) is 5.56 Å². The predicted octanol–water partition coefficient (Wildman–Crippen LogP) is 4.17. The first-order valence-electron chi connectivity index (χ1n) is 7.94. The highest BCUT2D eigenvalue weighted by atomic mass is 16.5. The fourth-order valence-corrected chi connectivity index (χ4v) is 3.32. The lowest BCUT2D eigenvalue weighted by atomic mass is 9.89. The summed E-state index contributed by atoms with van der Waals surface area (Å²) in [6.07, 6.45) is 0.753. The topological polar surface area (TPSA) is 44.8 Å². The minimum Gasteiger partial charge on any atom is -0.497 e. The molecule has 0 fully saturated rings.